The molecule has 112 valence electrons. The number of aliphatic hydroxyl groups excluding tert-OH is 1. The SMILES string of the molecule is CC(C)(C)c1cc(C(O)C(=O)O)cc(C(C)(C)C)c1O. The van der Waals surface area contributed by atoms with Crippen LogP contribution in [0, 0.1) is 0 Å². The highest BCUT2D eigenvalue weighted by Gasteiger charge is 2.29. The van der Waals surface area contributed by atoms with Crippen LogP contribution in [0.1, 0.15) is 64.3 Å². The molecule has 0 saturated heterocycles. The van der Waals surface area contributed by atoms with E-state index in [1.54, 1.807) is 12.1 Å². The van der Waals surface area contributed by atoms with Crippen LogP contribution in [0.25, 0.3) is 0 Å². The minimum Gasteiger partial charge on any atom is -0.507 e. The van der Waals surface area contributed by atoms with Crippen LogP contribution in [-0.4, -0.2) is 21.3 Å². The van der Waals surface area contributed by atoms with Crippen LogP contribution in [0.3, 0.4) is 0 Å². The summed E-state index contributed by atoms with van der Waals surface area (Å²) in [5.41, 5.74) is 0.877. The second-order valence-electron chi connectivity index (χ2n) is 7.21. The Labute approximate surface area is 120 Å². The lowest BCUT2D eigenvalue weighted by Crippen LogP contribution is -2.20. The van der Waals surface area contributed by atoms with Crippen LogP contribution in [0.15, 0.2) is 12.1 Å². The van der Waals surface area contributed by atoms with E-state index in [0.717, 1.165) is 0 Å². The molecule has 0 aliphatic rings. The van der Waals surface area contributed by atoms with Gasteiger partial charge < -0.3 is 15.3 Å². The summed E-state index contributed by atoms with van der Waals surface area (Å²) in [7, 11) is 0. The van der Waals surface area contributed by atoms with Crippen molar-refractivity contribution in [3.05, 3.63) is 28.8 Å². The number of carboxylic acid groups (broad SMARTS) is 1. The number of phenolic OH excluding ortho intramolecular Hbond substituents is 1. The minimum absolute atomic E-state index is 0.173. The van der Waals surface area contributed by atoms with Gasteiger partial charge >= 0.3 is 5.97 Å². The first kappa shape index (κ1) is 16.5. The average molecular weight is 280 g/mol. The van der Waals surface area contributed by atoms with Crippen molar-refractivity contribution in [2.45, 2.75) is 58.5 Å². The molecule has 0 fully saturated rings. The molecule has 1 rings (SSSR count). The van der Waals surface area contributed by atoms with Crippen LogP contribution in [0.5, 0.6) is 5.75 Å². The summed E-state index contributed by atoms with van der Waals surface area (Å²) in [6.07, 6.45) is -1.59. The fraction of sp³-hybridized carbons (Fsp3) is 0.562. The smallest absolute Gasteiger partial charge is 0.337 e. The molecule has 1 atom stereocenters. The normalized spacial score (nSPS) is 14.2. The van der Waals surface area contributed by atoms with Gasteiger partial charge in [-0.05, 0) is 39.7 Å². The van der Waals surface area contributed by atoms with Crippen molar-refractivity contribution in [3.8, 4) is 5.75 Å². The molecule has 1 aromatic rings. The molecule has 0 heterocycles. The zero-order chi connectivity index (χ0) is 15.9. The topological polar surface area (TPSA) is 77.8 Å². The molecule has 0 saturated carbocycles. The van der Waals surface area contributed by atoms with E-state index in [4.69, 9.17) is 5.11 Å². The largest absolute Gasteiger partial charge is 0.507 e. The molecule has 1 aromatic carbocycles. The maximum Gasteiger partial charge on any atom is 0.337 e. The lowest BCUT2D eigenvalue weighted by atomic mass is 9.78. The van der Waals surface area contributed by atoms with Crippen molar-refractivity contribution in [2.75, 3.05) is 0 Å². The molecule has 3 N–H and O–H groups in total. The molecular weight excluding hydrogens is 256 g/mol. The van der Waals surface area contributed by atoms with Gasteiger partial charge in [-0.1, -0.05) is 41.5 Å². The van der Waals surface area contributed by atoms with E-state index >= 15 is 0 Å². The van der Waals surface area contributed by atoms with Gasteiger partial charge in [-0.2, -0.15) is 0 Å². The van der Waals surface area contributed by atoms with E-state index < -0.39 is 12.1 Å². The highest BCUT2D eigenvalue weighted by atomic mass is 16.4. The summed E-state index contributed by atoms with van der Waals surface area (Å²) < 4.78 is 0. The van der Waals surface area contributed by atoms with Crippen LogP contribution >= 0.6 is 0 Å². The second kappa shape index (κ2) is 5.09. The summed E-state index contributed by atoms with van der Waals surface area (Å²) in [5, 5.41) is 29.2. The fourth-order valence-corrected chi connectivity index (χ4v) is 2.10. The monoisotopic (exact) mass is 280 g/mol. The van der Waals surface area contributed by atoms with Crippen molar-refractivity contribution < 1.29 is 20.1 Å². The summed E-state index contributed by atoms with van der Waals surface area (Å²) in [5.74, 6) is -1.12. The van der Waals surface area contributed by atoms with Crippen LogP contribution < -0.4 is 0 Å². The van der Waals surface area contributed by atoms with Crippen LogP contribution in [0.4, 0.5) is 0 Å². The molecule has 0 amide bonds. The van der Waals surface area contributed by atoms with Crippen molar-refractivity contribution in [2.24, 2.45) is 0 Å². The quantitative estimate of drug-likeness (QED) is 0.778. The molecule has 0 bridgehead atoms. The second-order valence-corrected chi connectivity index (χ2v) is 7.21. The third-order valence-electron chi connectivity index (χ3n) is 3.30. The molecule has 1 unspecified atom stereocenters. The molecular formula is C16H24O4. The van der Waals surface area contributed by atoms with Gasteiger partial charge in [-0.15, -0.1) is 0 Å². The third-order valence-corrected chi connectivity index (χ3v) is 3.30. The van der Waals surface area contributed by atoms with Gasteiger partial charge in [0, 0.05) is 0 Å². The van der Waals surface area contributed by atoms with Gasteiger partial charge in [0.2, 0.25) is 0 Å². The molecule has 0 aliphatic carbocycles. The first-order chi connectivity index (χ1) is 8.85. The Morgan fingerprint density at radius 2 is 1.35 bits per heavy atom. The highest BCUT2D eigenvalue weighted by molar-refractivity contribution is 5.74. The van der Waals surface area contributed by atoms with E-state index in [-0.39, 0.29) is 16.6 Å². The van der Waals surface area contributed by atoms with Gasteiger partial charge in [-0.3, -0.25) is 0 Å². The number of benzene rings is 1. The van der Waals surface area contributed by atoms with Gasteiger partial charge in [0.15, 0.2) is 6.10 Å². The van der Waals surface area contributed by atoms with E-state index in [1.807, 2.05) is 41.5 Å². The number of phenols is 1. The van der Waals surface area contributed by atoms with E-state index in [9.17, 15) is 15.0 Å². The predicted octanol–water partition coefficient (Wildman–Crippen LogP) is 3.11. The van der Waals surface area contributed by atoms with Crippen molar-refractivity contribution >= 4 is 5.97 Å². The molecule has 4 nitrogen and oxygen atoms in total. The number of aliphatic hydroxyl groups is 1. The van der Waals surface area contributed by atoms with Crippen molar-refractivity contribution in [3.63, 3.8) is 0 Å². The summed E-state index contributed by atoms with van der Waals surface area (Å²) in [6.45, 7) is 11.6. The summed E-state index contributed by atoms with van der Waals surface area (Å²) >= 11 is 0. The van der Waals surface area contributed by atoms with Gasteiger partial charge in [0.25, 0.3) is 0 Å². The lowest BCUT2D eigenvalue weighted by Gasteiger charge is -2.28. The van der Waals surface area contributed by atoms with Crippen molar-refractivity contribution in [1.29, 1.82) is 0 Å². The Morgan fingerprint density at radius 3 is 1.60 bits per heavy atom. The number of aliphatic carboxylic acids is 1. The third kappa shape index (κ3) is 3.31. The lowest BCUT2D eigenvalue weighted by molar-refractivity contribution is -0.146. The van der Waals surface area contributed by atoms with Gasteiger partial charge in [0.1, 0.15) is 5.75 Å². The van der Waals surface area contributed by atoms with E-state index in [2.05, 4.69) is 0 Å². The Bertz CT molecular complexity index is 483. The Balaban J connectivity index is 3.63. The first-order valence-electron chi connectivity index (χ1n) is 6.64. The number of hydrogen-bond acceptors (Lipinski definition) is 3. The fourth-order valence-electron chi connectivity index (χ4n) is 2.10. The number of carbonyl (C=O) groups is 1. The standard InChI is InChI=1S/C16H24O4/c1-15(2,3)10-7-9(12(17)14(19)20)8-11(13(10)18)16(4,5)6/h7-8,12,17-18H,1-6H3,(H,19,20). The summed E-state index contributed by atoms with van der Waals surface area (Å²) in [6, 6.07) is 3.15. The molecule has 0 spiro atoms. The number of carboxylic acids is 1. The van der Waals surface area contributed by atoms with Crippen LogP contribution in [-0.2, 0) is 15.6 Å². The van der Waals surface area contributed by atoms with Crippen LogP contribution in [0.2, 0.25) is 0 Å². The molecule has 20 heavy (non-hydrogen) atoms. The Morgan fingerprint density at radius 1 is 1.00 bits per heavy atom. The Kier molecular flexibility index (Phi) is 4.20. The van der Waals surface area contributed by atoms with Gasteiger partial charge in [0.05, 0.1) is 0 Å². The zero-order valence-corrected chi connectivity index (χ0v) is 13.0. The van der Waals surface area contributed by atoms with Crippen molar-refractivity contribution in [1.82, 2.24) is 0 Å². The maximum atomic E-state index is 11.0. The molecule has 0 aliphatic heterocycles. The molecule has 0 aromatic heterocycles. The predicted molar refractivity (Wildman–Crippen MR) is 78.1 cm³/mol. The Hall–Kier alpha value is -1.55. The van der Waals surface area contributed by atoms with E-state index in [0.29, 0.717) is 16.7 Å². The van der Waals surface area contributed by atoms with E-state index in [1.165, 1.54) is 0 Å². The number of hydrogen-bond donors (Lipinski definition) is 3. The summed E-state index contributed by atoms with van der Waals surface area (Å²) in [4.78, 5) is 11.0. The maximum absolute atomic E-state index is 11.0. The number of rotatable bonds is 2. The molecule has 4 heteroatoms. The minimum atomic E-state index is -1.59. The molecule has 0 radical (unpaired) electrons. The highest BCUT2D eigenvalue weighted by Crippen LogP contribution is 2.40. The first-order valence-corrected chi connectivity index (χ1v) is 6.64. The zero-order valence-electron chi connectivity index (χ0n) is 13.0. The average Bonchev–Trinajstić information content (AvgIpc) is 2.24. The van der Waals surface area contributed by atoms with Gasteiger partial charge in [-0.25, -0.2) is 4.79 Å². The number of aromatic hydroxyl groups is 1.